The van der Waals surface area contributed by atoms with Crippen LogP contribution in [0.3, 0.4) is 0 Å². The third kappa shape index (κ3) is 3.41. The number of imide groups is 1. The van der Waals surface area contributed by atoms with Gasteiger partial charge in [-0.2, -0.15) is 0 Å². The zero-order valence-electron chi connectivity index (χ0n) is 17.6. The van der Waals surface area contributed by atoms with Crippen LogP contribution >= 0.6 is 0 Å². The molecule has 3 aromatic rings. The van der Waals surface area contributed by atoms with Crippen LogP contribution in [0.15, 0.2) is 72.4 Å². The number of aryl methyl sites for hydroxylation is 4. The number of nitrogens with one attached hydrogen (secondary N) is 1. The van der Waals surface area contributed by atoms with E-state index in [4.69, 9.17) is 0 Å². The molecule has 0 fully saturated rings. The summed E-state index contributed by atoms with van der Waals surface area (Å²) in [6.45, 7) is 7.96. The molecule has 0 unspecified atom stereocenters. The predicted octanol–water partition coefficient (Wildman–Crippen LogP) is 5.32. The van der Waals surface area contributed by atoms with Gasteiger partial charge in [0.1, 0.15) is 5.70 Å². The predicted molar refractivity (Wildman–Crippen MR) is 121 cm³/mol. The van der Waals surface area contributed by atoms with E-state index in [-0.39, 0.29) is 11.8 Å². The minimum absolute atomic E-state index is 0.304. The van der Waals surface area contributed by atoms with Crippen molar-refractivity contribution in [3.8, 4) is 0 Å². The number of anilines is 2. The molecular weight excluding hydrogens is 372 g/mol. The molecule has 4 heteroatoms. The molecule has 4 rings (SSSR count). The quantitative estimate of drug-likeness (QED) is 0.608. The Hall–Kier alpha value is -3.66. The molecule has 0 bridgehead atoms. The van der Waals surface area contributed by atoms with Gasteiger partial charge in [0.15, 0.2) is 0 Å². The number of nitrogens with zero attached hydrogens (tertiary/aromatic N) is 1. The minimum Gasteiger partial charge on any atom is -0.350 e. The molecule has 3 aromatic carbocycles. The number of hydrogen-bond donors (Lipinski definition) is 1. The van der Waals surface area contributed by atoms with Gasteiger partial charge >= 0.3 is 0 Å². The monoisotopic (exact) mass is 396 g/mol. The van der Waals surface area contributed by atoms with Crippen LogP contribution in [-0.2, 0) is 9.59 Å². The molecule has 0 saturated carbocycles. The first-order chi connectivity index (χ1) is 14.4. The third-order valence-electron chi connectivity index (χ3n) is 5.55. The summed E-state index contributed by atoms with van der Waals surface area (Å²) in [4.78, 5) is 28.2. The van der Waals surface area contributed by atoms with E-state index in [1.165, 1.54) is 4.90 Å². The van der Waals surface area contributed by atoms with Crippen molar-refractivity contribution in [1.82, 2.24) is 0 Å². The Labute approximate surface area is 176 Å². The SMILES string of the molecule is Cc1ccc(C)c(NC2=C(c3ccccc3)C(=O)N(c3ccc(C)c(C)c3)C2=O)c1. The largest absolute Gasteiger partial charge is 0.350 e. The number of amides is 2. The Bertz CT molecular complexity index is 1190. The molecule has 1 aliphatic rings. The molecule has 0 saturated heterocycles. The highest BCUT2D eigenvalue weighted by Crippen LogP contribution is 2.35. The zero-order valence-corrected chi connectivity index (χ0v) is 17.6. The number of rotatable bonds is 4. The van der Waals surface area contributed by atoms with E-state index in [0.29, 0.717) is 17.0 Å². The normalized spacial score (nSPS) is 13.9. The Morgan fingerprint density at radius 1 is 0.700 bits per heavy atom. The van der Waals surface area contributed by atoms with Crippen LogP contribution in [0.1, 0.15) is 27.8 Å². The molecule has 0 atom stereocenters. The topological polar surface area (TPSA) is 49.4 Å². The first-order valence-electron chi connectivity index (χ1n) is 9.97. The summed E-state index contributed by atoms with van der Waals surface area (Å²) in [6, 6.07) is 21.0. The van der Waals surface area contributed by atoms with E-state index in [0.717, 1.165) is 33.5 Å². The highest BCUT2D eigenvalue weighted by atomic mass is 16.2. The van der Waals surface area contributed by atoms with Gasteiger partial charge in [-0.15, -0.1) is 0 Å². The van der Waals surface area contributed by atoms with Crippen LogP contribution in [0.2, 0.25) is 0 Å². The van der Waals surface area contributed by atoms with E-state index >= 15 is 0 Å². The van der Waals surface area contributed by atoms with Gasteiger partial charge in [-0.05, 0) is 73.7 Å². The minimum atomic E-state index is -0.344. The van der Waals surface area contributed by atoms with Crippen LogP contribution in [-0.4, -0.2) is 11.8 Å². The summed E-state index contributed by atoms with van der Waals surface area (Å²) in [6.07, 6.45) is 0. The zero-order chi connectivity index (χ0) is 21.4. The summed E-state index contributed by atoms with van der Waals surface area (Å²) < 4.78 is 0. The van der Waals surface area contributed by atoms with Gasteiger partial charge in [0.25, 0.3) is 11.8 Å². The van der Waals surface area contributed by atoms with Crippen molar-refractivity contribution in [2.75, 3.05) is 10.2 Å². The molecule has 0 aliphatic carbocycles. The van der Waals surface area contributed by atoms with E-state index in [1.807, 2.05) is 94.4 Å². The molecule has 150 valence electrons. The fraction of sp³-hybridized carbons (Fsp3) is 0.154. The van der Waals surface area contributed by atoms with Gasteiger partial charge in [0.2, 0.25) is 0 Å². The Morgan fingerprint density at radius 3 is 2.10 bits per heavy atom. The molecule has 0 spiro atoms. The van der Waals surface area contributed by atoms with Crippen molar-refractivity contribution in [2.24, 2.45) is 0 Å². The molecule has 1 heterocycles. The summed E-state index contributed by atoms with van der Waals surface area (Å²) >= 11 is 0. The van der Waals surface area contributed by atoms with Crippen LogP contribution in [0.4, 0.5) is 11.4 Å². The lowest BCUT2D eigenvalue weighted by atomic mass is 10.0. The van der Waals surface area contributed by atoms with Gasteiger partial charge in [0, 0.05) is 5.69 Å². The summed E-state index contributed by atoms with van der Waals surface area (Å²) in [5, 5.41) is 3.27. The second kappa shape index (κ2) is 7.64. The van der Waals surface area contributed by atoms with Crippen LogP contribution < -0.4 is 10.2 Å². The first kappa shape index (κ1) is 19.6. The average molecular weight is 396 g/mol. The van der Waals surface area contributed by atoms with Crippen LogP contribution in [0, 0.1) is 27.7 Å². The van der Waals surface area contributed by atoms with Gasteiger partial charge in [-0.3, -0.25) is 9.59 Å². The second-order valence-electron chi connectivity index (χ2n) is 7.77. The lowest BCUT2D eigenvalue weighted by Gasteiger charge is -2.17. The number of hydrogen-bond acceptors (Lipinski definition) is 3. The molecule has 0 aromatic heterocycles. The fourth-order valence-electron chi connectivity index (χ4n) is 3.62. The van der Waals surface area contributed by atoms with E-state index in [9.17, 15) is 9.59 Å². The standard InChI is InChI=1S/C26H24N2O2/c1-16-10-11-18(3)22(14-16)27-24-23(20-8-6-5-7-9-20)25(29)28(26(24)30)21-13-12-17(2)19(4)15-21/h5-15,27H,1-4H3. The summed E-state index contributed by atoms with van der Waals surface area (Å²) in [5.74, 6) is -0.662. The van der Waals surface area contributed by atoms with Crippen molar-refractivity contribution in [1.29, 1.82) is 0 Å². The molecule has 0 radical (unpaired) electrons. The van der Waals surface area contributed by atoms with Crippen molar-refractivity contribution >= 4 is 28.8 Å². The summed E-state index contributed by atoms with van der Waals surface area (Å²) in [5.41, 5.74) is 7.04. The third-order valence-corrected chi connectivity index (χ3v) is 5.55. The Kier molecular flexibility index (Phi) is 5.00. The van der Waals surface area contributed by atoms with Gasteiger partial charge < -0.3 is 5.32 Å². The van der Waals surface area contributed by atoms with Gasteiger partial charge in [-0.1, -0.05) is 48.5 Å². The maximum Gasteiger partial charge on any atom is 0.282 e. The molecule has 4 nitrogen and oxygen atoms in total. The fourth-order valence-corrected chi connectivity index (χ4v) is 3.62. The van der Waals surface area contributed by atoms with Crippen molar-refractivity contribution in [3.05, 3.63) is 100 Å². The highest BCUT2D eigenvalue weighted by molar-refractivity contribution is 6.46. The number of carbonyl (C=O) groups excluding carboxylic acids is 2. The molecule has 1 N–H and O–H groups in total. The van der Waals surface area contributed by atoms with Crippen molar-refractivity contribution in [3.63, 3.8) is 0 Å². The molecule has 1 aliphatic heterocycles. The van der Waals surface area contributed by atoms with Crippen LogP contribution in [0.25, 0.3) is 5.57 Å². The van der Waals surface area contributed by atoms with E-state index in [2.05, 4.69) is 5.32 Å². The maximum absolute atomic E-state index is 13.5. The van der Waals surface area contributed by atoms with E-state index in [1.54, 1.807) is 0 Å². The van der Waals surface area contributed by atoms with Crippen LogP contribution in [0.5, 0.6) is 0 Å². The van der Waals surface area contributed by atoms with Gasteiger partial charge in [-0.25, -0.2) is 4.90 Å². The number of carbonyl (C=O) groups is 2. The smallest absolute Gasteiger partial charge is 0.282 e. The first-order valence-corrected chi connectivity index (χ1v) is 9.97. The molecule has 30 heavy (non-hydrogen) atoms. The lowest BCUT2D eigenvalue weighted by molar-refractivity contribution is -0.120. The lowest BCUT2D eigenvalue weighted by Crippen LogP contribution is -2.32. The van der Waals surface area contributed by atoms with Gasteiger partial charge in [0.05, 0.1) is 11.3 Å². The van der Waals surface area contributed by atoms with Crippen molar-refractivity contribution in [2.45, 2.75) is 27.7 Å². The highest BCUT2D eigenvalue weighted by Gasteiger charge is 2.40. The molecule has 2 amide bonds. The Morgan fingerprint density at radius 2 is 1.40 bits per heavy atom. The van der Waals surface area contributed by atoms with Crippen molar-refractivity contribution < 1.29 is 9.59 Å². The Balaban J connectivity index is 1.84. The second-order valence-corrected chi connectivity index (χ2v) is 7.77. The average Bonchev–Trinajstić information content (AvgIpc) is 2.97. The number of benzene rings is 3. The maximum atomic E-state index is 13.5. The summed E-state index contributed by atoms with van der Waals surface area (Å²) in [7, 11) is 0. The molecular formula is C26H24N2O2. The van der Waals surface area contributed by atoms with E-state index < -0.39 is 0 Å².